The number of nitrogens with one attached hydrogen (secondary N) is 1. The molecule has 4 rings (SSSR count). The van der Waals surface area contributed by atoms with Crippen molar-refractivity contribution in [2.45, 2.75) is 25.4 Å². The second-order valence-corrected chi connectivity index (χ2v) is 5.62. The van der Waals surface area contributed by atoms with Crippen LogP contribution in [0, 0.1) is 0 Å². The highest BCUT2D eigenvalue weighted by Gasteiger charge is 2.32. The summed E-state index contributed by atoms with van der Waals surface area (Å²) in [4.78, 5) is 19.1. The summed E-state index contributed by atoms with van der Waals surface area (Å²) in [6, 6.07) is 7.18. The SMILES string of the molecule is O=C(NCc1ccco1)[C@H]1CCCN1c1nccc2occc12. The molecule has 1 aliphatic heterocycles. The molecule has 118 valence electrons. The van der Waals surface area contributed by atoms with Crippen LogP contribution in [0.2, 0.25) is 0 Å². The average Bonchev–Trinajstić information content (AvgIpc) is 3.32. The first-order chi connectivity index (χ1) is 11.3. The van der Waals surface area contributed by atoms with E-state index in [0.29, 0.717) is 6.54 Å². The molecule has 0 aliphatic carbocycles. The Morgan fingerprint density at radius 1 is 1.30 bits per heavy atom. The smallest absolute Gasteiger partial charge is 0.243 e. The number of amides is 1. The van der Waals surface area contributed by atoms with E-state index in [1.54, 1.807) is 18.7 Å². The topological polar surface area (TPSA) is 71.5 Å². The van der Waals surface area contributed by atoms with Gasteiger partial charge in [0.2, 0.25) is 5.91 Å². The maximum absolute atomic E-state index is 12.6. The van der Waals surface area contributed by atoms with Gasteiger partial charge in [-0.2, -0.15) is 0 Å². The molecule has 6 nitrogen and oxygen atoms in total. The van der Waals surface area contributed by atoms with Gasteiger partial charge in [-0.15, -0.1) is 0 Å². The van der Waals surface area contributed by atoms with Crippen LogP contribution in [0.4, 0.5) is 5.82 Å². The Morgan fingerprint density at radius 3 is 3.13 bits per heavy atom. The fourth-order valence-corrected chi connectivity index (χ4v) is 3.11. The van der Waals surface area contributed by atoms with Gasteiger partial charge in [0.05, 0.1) is 24.5 Å². The largest absolute Gasteiger partial charge is 0.467 e. The first-order valence-electron chi connectivity index (χ1n) is 7.72. The summed E-state index contributed by atoms with van der Waals surface area (Å²) in [7, 11) is 0. The number of anilines is 1. The number of hydrogen-bond acceptors (Lipinski definition) is 5. The highest BCUT2D eigenvalue weighted by atomic mass is 16.3. The number of aromatic nitrogens is 1. The average molecular weight is 311 g/mol. The van der Waals surface area contributed by atoms with Crippen LogP contribution in [-0.4, -0.2) is 23.5 Å². The molecule has 0 radical (unpaired) electrons. The van der Waals surface area contributed by atoms with Gasteiger partial charge in [-0.1, -0.05) is 0 Å². The lowest BCUT2D eigenvalue weighted by Crippen LogP contribution is -2.43. The van der Waals surface area contributed by atoms with E-state index in [1.165, 1.54) is 0 Å². The molecular weight excluding hydrogens is 294 g/mol. The molecule has 1 atom stereocenters. The molecule has 3 aromatic heterocycles. The first-order valence-corrected chi connectivity index (χ1v) is 7.72. The van der Waals surface area contributed by atoms with Crippen molar-refractivity contribution in [2.24, 2.45) is 0 Å². The Bertz CT molecular complexity index is 809. The predicted molar refractivity (Wildman–Crippen MR) is 84.9 cm³/mol. The van der Waals surface area contributed by atoms with Gasteiger partial charge >= 0.3 is 0 Å². The fraction of sp³-hybridized carbons (Fsp3) is 0.294. The van der Waals surface area contributed by atoms with E-state index < -0.39 is 0 Å². The van der Waals surface area contributed by atoms with Crippen molar-refractivity contribution in [2.75, 3.05) is 11.4 Å². The van der Waals surface area contributed by atoms with Crippen LogP contribution in [-0.2, 0) is 11.3 Å². The minimum absolute atomic E-state index is 0.00111. The normalized spacial score (nSPS) is 17.7. The van der Waals surface area contributed by atoms with Crippen LogP contribution in [0.15, 0.2) is 51.8 Å². The summed E-state index contributed by atoms with van der Waals surface area (Å²) < 4.78 is 10.7. The molecule has 1 amide bonds. The van der Waals surface area contributed by atoms with Gasteiger partial charge in [0.25, 0.3) is 0 Å². The van der Waals surface area contributed by atoms with Gasteiger partial charge in [-0.05, 0) is 37.1 Å². The molecule has 6 heteroatoms. The van der Waals surface area contributed by atoms with Crippen LogP contribution in [0.5, 0.6) is 0 Å². The second-order valence-electron chi connectivity index (χ2n) is 5.62. The van der Waals surface area contributed by atoms with E-state index >= 15 is 0 Å². The van der Waals surface area contributed by atoms with Crippen molar-refractivity contribution in [3.05, 3.63) is 48.7 Å². The maximum Gasteiger partial charge on any atom is 0.243 e. The van der Waals surface area contributed by atoms with Gasteiger partial charge in [0, 0.05) is 12.7 Å². The van der Waals surface area contributed by atoms with Gasteiger partial charge in [0.15, 0.2) is 0 Å². The fourth-order valence-electron chi connectivity index (χ4n) is 3.11. The number of hydrogen-bond donors (Lipinski definition) is 1. The van der Waals surface area contributed by atoms with Gasteiger partial charge < -0.3 is 19.1 Å². The predicted octanol–water partition coefficient (Wildman–Crippen LogP) is 2.71. The van der Waals surface area contributed by atoms with Crippen LogP contribution in [0.25, 0.3) is 11.0 Å². The van der Waals surface area contributed by atoms with Crippen molar-refractivity contribution in [3.63, 3.8) is 0 Å². The van der Waals surface area contributed by atoms with Gasteiger partial charge in [-0.25, -0.2) is 4.98 Å². The van der Waals surface area contributed by atoms with Crippen molar-refractivity contribution >= 4 is 22.7 Å². The summed E-state index contributed by atoms with van der Waals surface area (Å²) in [6.45, 7) is 1.22. The second kappa shape index (κ2) is 5.79. The van der Waals surface area contributed by atoms with Crippen molar-refractivity contribution in [3.8, 4) is 0 Å². The summed E-state index contributed by atoms with van der Waals surface area (Å²) in [6.07, 6.45) is 6.76. The summed E-state index contributed by atoms with van der Waals surface area (Å²) in [5.41, 5.74) is 0.789. The summed E-state index contributed by atoms with van der Waals surface area (Å²) >= 11 is 0. The highest BCUT2D eigenvalue weighted by molar-refractivity contribution is 5.92. The van der Waals surface area contributed by atoms with Crippen LogP contribution in [0.3, 0.4) is 0 Å². The molecule has 0 unspecified atom stereocenters. The van der Waals surface area contributed by atoms with Crippen LogP contribution < -0.4 is 10.2 Å². The molecule has 0 spiro atoms. The first kappa shape index (κ1) is 13.9. The Hall–Kier alpha value is -2.76. The number of nitrogens with zero attached hydrogens (tertiary/aromatic N) is 2. The quantitative estimate of drug-likeness (QED) is 0.802. The Balaban J connectivity index is 1.54. The van der Waals surface area contributed by atoms with E-state index in [2.05, 4.69) is 15.2 Å². The third kappa shape index (κ3) is 2.56. The van der Waals surface area contributed by atoms with Crippen molar-refractivity contribution < 1.29 is 13.6 Å². The Morgan fingerprint density at radius 2 is 2.26 bits per heavy atom. The number of carbonyl (C=O) groups excluding carboxylic acids is 1. The molecule has 4 heterocycles. The monoisotopic (exact) mass is 311 g/mol. The molecule has 0 bridgehead atoms. The van der Waals surface area contributed by atoms with E-state index in [-0.39, 0.29) is 11.9 Å². The number of fused-ring (bicyclic) bond motifs is 1. The zero-order valence-corrected chi connectivity index (χ0v) is 12.6. The van der Waals surface area contributed by atoms with Gasteiger partial charge in [-0.3, -0.25) is 4.79 Å². The Labute approximate surface area is 133 Å². The Kier molecular flexibility index (Phi) is 3.49. The molecule has 1 aliphatic rings. The van der Waals surface area contributed by atoms with E-state index in [4.69, 9.17) is 8.83 Å². The molecular formula is C17H17N3O3. The summed E-state index contributed by atoms with van der Waals surface area (Å²) in [5, 5.41) is 3.89. The van der Waals surface area contributed by atoms with Crippen molar-refractivity contribution in [1.82, 2.24) is 10.3 Å². The molecule has 1 fully saturated rings. The minimum Gasteiger partial charge on any atom is -0.467 e. The standard InChI is InChI=1S/C17H17N3O3/c21-17(19-11-12-3-2-9-22-12)14-4-1-8-20(14)16-13-6-10-23-15(13)5-7-18-16/h2-3,5-7,9-10,14H,1,4,8,11H2,(H,19,21)/t14-/m1/s1. The maximum atomic E-state index is 12.6. The third-order valence-corrected chi connectivity index (χ3v) is 4.20. The number of furan rings is 2. The lowest BCUT2D eigenvalue weighted by atomic mass is 10.2. The lowest BCUT2D eigenvalue weighted by molar-refractivity contribution is -0.122. The van der Waals surface area contributed by atoms with Crippen LogP contribution >= 0.6 is 0 Å². The van der Waals surface area contributed by atoms with Crippen molar-refractivity contribution in [1.29, 1.82) is 0 Å². The molecule has 0 saturated carbocycles. The summed E-state index contributed by atoms with van der Waals surface area (Å²) in [5.74, 6) is 1.56. The molecule has 3 aromatic rings. The number of carbonyl (C=O) groups is 1. The zero-order chi connectivity index (χ0) is 15.6. The number of rotatable bonds is 4. The highest BCUT2D eigenvalue weighted by Crippen LogP contribution is 2.30. The lowest BCUT2D eigenvalue weighted by Gasteiger charge is -2.25. The molecule has 1 N–H and O–H groups in total. The van der Waals surface area contributed by atoms with Crippen LogP contribution in [0.1, 0.15) is 18.6 Å². The molecule has 23 heavy (non-hydrogen) atoms. The molecule has 0 aromatic carbocycles. The number of pyridine rings is 1. The third-order valence-electron chi connectivity index (χ3n) is 4.20. The van der Waals surface area contributed by atoms with E-state index in [1.807, 2.05) is 24.3 Å². The van der Waals surface area contributed by atoms with Gasteiger partial charge in [0.1, 0.15) is 23.2 Å². The van der Waals surface area contributed by atoms with E-state index in [0.717, 1.165) is 41.9 Å². The zero-order valence-electron chi connectivity index (χ0n) is 12.6. The van der Waals surface area contributed by atoms with E-state index in [9.17, 15) is 4.79 Å². The minimum atomic E-state index is -0.210. The molecule has 1 saturated heterocycles.